The van der Waals surface area contributed by atoms with E-state index in [2.05, 4.69) is 26.0 Å². The zero-order valence-corrected chi connectivity index (χ0v) is 10.8. The van der Waals surface area contributed by atoms with E-state index in [1.165, 1.54) is 23.1 Å². The molecule has 1 saturated carbocycles. The highest BCUT2D eigenvalue weighted by Gasteiger charge is 2.38. The minimum Gasteiger partial charge on any atom is -0.300 e. The van der Waals surface area contributed by atoms with Gasteiger partial charge in [-0.3, -0.25) is 4.79 Å². The molecular weight excluding hydrogens is 208 g/mol. The predicted octanol–water partition coefficient (Wildman–Crippen LogP) is 3.57. The lowest BCUT2D eigenvalue weighted by Crippen LogP contribution is -2.20. The third kappa shape index (κ3) is 1.64. The van der Waals surface area contributed by atoms with E-state index in [1.54, 1.807) is 5.56 Å². The monoisotopic (exact) mass is 228 g/mol. The van der Waals surface area contributed by atoms with Gasteiger partial charge in [-0.2, -0.15) is 0 Å². The minimum atomic E-state index is 0.473. The highest BCUT2D eigenvalue weighted by atomic mass is 16.1. The summed E-state index contributed by atoms with van der Waals surface area (Å²) >= 11 is 0. The first-order chi connectivity index (χ1) is 8.20. The van der Waals surface area contributed by atoms with E-state index < -0.39 is 0 Å². The number of carbonyl (C=O) groups excluding carboxylic acids is 1. The van der Waals surface area contributed by atoms with Gasteiger partial charge < -0.3 is 0 Å². The summed E-state index contributed by atoms with van der Waals surface area (Å²) < 4.78 is 0. The minimum absolute atomic E-state index is 0.473. The van der Waals surface area contributed by atoms with E-state index in [1.807, 2.05) is 0 Å². The molecule has 17 heavy (non-hydrogen) atoms. The van der Waals surface area contributed by atoms with Crippen molar-refractivity contribution in [3.8, 4) is 0 Å². The summed E-state index contributed by atoms with van der Waals surface area (Å²) in [5.41, 5.74) is 6.02. The summed E-state index contributed by atoms with van der Waals surface area (Å²) in [5, 5.41) is 0. The zero-order chi connectivity index (χ0) is 12.0. The van der Waals surface area contributed by atoms with Gasteiger partial charge in [0.05, 0.1) is 0 Å². The number of rotatable bonds is 1. The summed E-state index contributed by atoms with van der Waals surface area (Å²) in [7, 11) is 0. The smallest absolute Gasteiger partial charge is 0.133 e. The first kappa shape index (κ1) is 11.0. The summed E-state index contributed by atoms with van der Waals surface area (Å²) in [4.78, 5) is 11.7. The molecule has 1 nitrogen and oxygen atoms in total. The molecule has 0 radical (unpaired) electrons. The van der Waals surface area contributed by atoms with E-state index in [4.69, 9.17) is 0 Å². The molecule has 1 fully saturated rings. The van der Waals surface area contributed by atoms with E-state index in [0.717, 1.165) is 31.6 Å². The maximum Gasteiger partial charge on any atom is 0.133 e. The van der Waals surface area contributed by atoms with Gasteiger partial charge in [0.2, 0.25) is 0 Å². The van der Waals surface area contributed by atoms with Gasteiger partial charge in [-0.15, -0.1) is 0 Å². The van der Waals surface area contributed by atoms with Crippen LogP contribution in [-0.2, 0) is 17.6 Å². The molecule has 1 aromatic carbocycles. The largest absolute Gasteiger partial charge is 0.300 e. The van der Waals surface area contributed by atoms with Crippen molar-refractivity contribution in [1.29, 1.82) is 0 Å². The molecule has 0 spiro atoms. The molecule has 0 N–H and O–H groups in total. The van der Waals surface area contributed by atoms with Crippen LogP contribution in [0.15, 0.2) is 12.1 Å². The lowest BCUT2D eigenvalue weighted by Gasteiger charge is -2.25. The Hall–Kier alpha value is -1.11. The van der Waals surface area contributed by atoms with E-state index in [9.17, 15) is 4.79 Å². The van der Waals surface area contributed by atoms with Gasteiger partial charge in [-0.25, -0.2) is 0 Å². The van der Waals surface area contributed by atoms with Crippen LogP contribution in [0.3, 0.4) is 0 Å². The fourth-order valence-corrected chi connectivity index (χ4v) is 3.82. The molecular formula is C16H20O. The Morgan fingerprint density at radius 3 is 2.88 bits per heavy atom. The van der Waals surface area contributed by atoms with Gasteiger partial charge in [0.15, 0.2) is 0 Å². The number of carbonyl (C=O) groups is 1. The van der Waals surface area contributed by atoms with Crippen LogP contribution in [-0.4, -0.2) is 5.78 Å². The molecule has 1 heteroatoms. The second kappa shape index (κ2) is 3.97. The average Bonchev–Trinajstić information content (AvgIpc) is 2.69. The van der Waals surface area contributed by atoms with Crippen molar-refractivity contribution in [3.63, 3.8) is 0 Å². The summed E-state index contributed by atoms with van der Waals surface area (Å²) in [6.07, 6.45) is 5.07. The molecule has 2 unspecified atom stereocenters. The van der Waals surface area contributed by atoms with Gasteiger partial charge in [0.25, 0.3) is 0 Å². The summed E-state index contributed by atoms with van der Waals surface area (Å²) in [6.45, 7) is 4.44. The first-order valence-corrected chi connectivity index (χ1v) is 6.83. The Kier molecular flexibility index (Phi) is 2.57. The Morgan fingerprint density at radius 2 is 2.12 bits per heavy atom. The number of Topliss-reactive ketones (excluding diaryl/α,β-unsaturated/α-hetero) is 1. The van der Waals surface area contributed by atoms with E-state index in [-0.39, 0.29) is 0 Å². The molecule has 0 bridgehead atoms. The Bertz CT molecular complexity index is 473. The van der Waals surface area contributed by atoms with Crippen LogP contribution in [0.1, 0.15) is 54.4 Å². The predicted molar refractivity (Wildman–Crippen MR) is 69.4 cm³/mol. The molecule has 0 amide bonds. The second-order valence-electron chi connectivity index (χ2n) is 5.64. The van der Waals surface area contributed by atoms with Crippen molar-refractivity contribution in [1.82, 2.24) is 0 Å². The lowest BCUT2D eigenvalue weighted by atomic mass is 9.78. The van der Waals surface area contributed by atoms with Crippen LogP contribution in [0, 0.1) is 12.8 Å². The third-order valence-electron chi connectivity index (χ3n) is 4.70. The fraction of sp³-hybridized carbons (Fsp3) is 0.562. The highest BCUT2D eigenvalue weighted by Crippen LogP contribution is 2.47. The van der Waals surface area contributed by atoms with Crippen molar-refractivity contribution in [3.05, 3.63) is 34.4 Å². The summed E-state index contributed by atoms with van der Waals surface area (Å²) in [5.74, 6) is 1.76. The number of aryl methyl sites for hydroxylation is 2. The van der Waals surface area contributed by atoms with Crippen LogP contribution in [0.2, 0.25) is 0 Å². The molecule has 2 aliphatic carbocycles. The number of ketones is 1. The number of benzene rings is 1. The molecule has 2 aliphatic rings. The highest BCUT2D eigenvalue weighted by molar-refractivity contribution is 5.81. The lowest BCUT2D eigenvalue weighted by molar-refractivity contribution is -0.121. The molecule has 90 valence electrons. The Balaban J connectivity index is 2.09. The average molecular weight is 228 g/mol. The van der Waals surface area contributed by atoms with Crippen molar-refractivity contribution in [2.75, 3.05) is 0 Å². The second-order valence-corrected chi connectivity index (χ2v) is 5.64. The maximum atomic E-state index is 11.7. The quantitative estimate of drug-likeness (QED) is 0.718. The molecule has 0 aliphatic heterocycles. The molecule has 2 atom stereocenters. The molecule has 0 heterocycles. The van der Waals surface area contributed by atoms with Gasteiger partial charge in [0.1, 0.15) is 5.78 Å². The molecule has 1 aromatic rings. The Labute approximate surface area is 103 Å². The van der Waals surface area contributed by atoms with Crippen LogP contribution in [0.5, 0.6) is 0 Å². The zero-order valence-electron chi connectivity index (χ0n) is 10.8. The van der Waals surface area contributed by atoms with Crippen LogP contribution in [0.25, 0.3) is 0 Å². The topological polar surface area (TPSA) is 17.1 Å². The van der Waals surface area contributed by atoms with Gasteiger partial charge in [0, 0.05) is 12.8 Å². The fourth-order valence-electron chi connectivity index (χ4n) is 3.82. The van der Waals surface area contributed by atoms with Crippen LogP contribution >= 0.6 is 0 Å². The van der Waals surface area contributed by atoms with Crippen molar-refractivity contribution in [2.45, 2.75) is 51.9 Å². The van der Waals surface area contributed by atoms with E-state index in [0.29, 0.717) is 11.7 Å². The molecule has 0 aromatic heterocycles. The van der Waals surface area contributed by atoms with Crippen LogP contribution in [0.4, 0.5) is 0 Å². The molecule has 0 saturated heterocycles. The molecule has 3 rings (SSSR count). The van der Waals surface area contributed by atoms with Gasteiger partial charge in [-0.05, 0) is 60.3 Å². The van der Waals surface area contributed by atoms with Gasteiger partial charge >= 0.3 is 0 Å². The van der Waals surface area contributed by atoms with Crippen molar-refractivity contribution >= 4 is 5.78 Å². The third-order valence-corrected chi connectivity index (χ3v) is 4.70. The number of fused-ring (bicyclic) bond motifs is 3. The van der Waals surface area contributed by atoms with Gasteiger partial charge in [-0.1, -0.05) is 19.1 Å². The standard InChI is InChI=1S/C16H20O/c1-3-11-5-4-10(2)16-14(11)8-12-6-7-13(17)9-15(12)16/h4-5,12,15H,3,6-9H2,1-2H3. The van der Waals surface area contributed by atoms with Crippen LogP contribution < -0.4 is 0 Å². The van der Waals surface area contributed by atoms with Crippen molar-refractivity contribution in [2.24, 2.45) is 5.92 Å². The normalized spacial score (nSPS) is 26.8. The summed E-state index contributed by atoms with van der Waals surface area (Å²) in [6, 6.07) is 4.53. The SMILES string of the molecule is CCc1ccc(C)c2c1CC1CCC(=O)CC21. The number of hydrogen-bond acceptors (Lipinski definition) is 1. The van der Waals surface area contributed by atoms with Crippen molar-refractivity contribution < 1.29 is 4.79 Å². The van der Waals surface area contributed by atoms with E-state index >= 15 is 0 Å². The Morgan fingerprint density at radius 1 is 1.29 bits per heavy atom. The maximum absolute atomic E-state index is 11.7. The first-order valence-electron chi connectivity index (χ1n) is 6.83. The number of hydrogen-bond donors (Lipinski definition) is 0.